The molecule has 0 aromatic heterocycles. The summed E-state index contributed by atoms with van der Waals surface area (Å²) in [6.07, 6.45) is 0. The van der Waals surface area contributed by atoms with Gasteiger partial charge in [0.05, 0.1) is 18.8 Å². The van der Waals surface area contributed by atoms with Gasteiger partial charge in [0.2, 0.25) is 0 Å². The summed E-state index contributed by atoms with van der Waals surface area (Å²) in [5.41, 5.74) is 1.20. The van der Waals surface area contributed by atoms with Crippen molar-refractivity contribution in [2.24, 2.45) is 4.99 Å². The molecular weight excluding hydrogens is 206 g/mol. The van der Waals surface area contributed by atoms with Gasteiger partial charge in [-0.15, -0.1) is 0 Å². The molecule has 0 aliphatic carbocycles. The van der Waals surface area contributed by atoms with Gasteiger partial charge in [-0.2, -0.15) is 0 Å². The van der Waals surface area contributed by atoms with E-state index in [9.17, 15) is 0 Å². The molecule has 0 saturated heterocycles. The Kier molecular flexibility index (Phi) is 4.01. The first-order chi connectivity index (χ1) is 7.10. The molecule has 0 spiro atoms. The minimum Gasteiger partial charge on any atom is -0.497 e. The van der Waals surface area contributed by atoms with Crippen LogP contribution in [0.4, 0.5) is 0 Å². The molecule has 1 rings (SSSR count). The van der Waals surface area contributed by atoms with Crippen LogP contribution in [0.5, 0.6) is 5.75 Å². The molecule has 80 valence electrons. The van der Waals surface area contributed by atoms with Gasteiger partial charge in [0.1, 0.15) is 5.75 Å². The number of aliphatic imine (C=N–C) groups is 1. The van der Waals surface area contributed by atoms with Crippen molar-refractivity contribution in [3.05, 3.63) is 29.8 Å². The van der Waals surface area contributed by atoms with Crippen LogP contribution in [0.2, 0.25) is 0 Å². The summed E-state index contributed by atoms with van der Waals surface area (Å²) in [4.78, 5) is 4.00. The Morgan fingerprint density at radius 3 is 2.40 bits per heavy atom. The maximum absolute atomic E-state index is 5.11. The Morgan fingerprint density at radius 2 is 1.93 bits per heavy atom. The molecule has 1 aromatic carbocycles. The SMILES string of the molecule is COc1ccc(C(C)(C)CN=C=S)cc1. The number of hydrogen-bond acceptors (Lipinski definition) is 3. The highest BCUT2D eigenvalue weighted by Gasteiger charge is 2.19. The number of thiocarbonyl (C=S) groups is 1. The van der Waals surface area contributed by atoms with Crippen molar-refractivity contribution < 1.29 is 4.74 Å². The minimum absolute atomic E-state index is 0.0158. The standard InChI is InChI=1S/C12H15NOS/c1-12(2,8-13-9-15)10-4-6-11(14-3)7-5-10/h4-7H,8H2,1-3H3. The van der Waals surface area contributed by atoms with Gasteiger partial charge < -0.3 is 4.74 Å². The highest BCUT2D eigenvalue weighted by atomic mass is 32.1. The van der Waals surface area contributed by atoms with Gasteiger partial charge in [-0.1, -0.05) is 26.0 Å². The number of ether oxygens (including phenoxy) is 1. The maximum Gasteiger partial charge on any atom is 0.118 e. The molecule has 0 N–H and O–H groups in total. The van der Waals surface area contributed by atoms with Crippen LogP contribution in [0.3, 0.4) is 0 Å². The molecule has 0 heterocycles. The Hall–Kier alpha value is -1.18. The van der Waals surface area contributed by atoms with E-state index in [0.29, 0.717) is 6.54 Å². The summed E-state index contributed by atoms with van der Waals surface area (Å²) in [5.74, 6) is 0.868. The lowest BCUT2D eigenvalue weighted by atomic mass is 9.85. The zero-order valence-corrected chi connectivity index (χ0v) is 10.1. The third-order valence-corrected chi connectivity index (χ3v) is 2.54. The second-order valence-electron chi connectivity index (χ2n) is 4.02. The van der Waals surface area contributed by atoms with Crippen LogP contribution in [0.1, 0.15) is 19.4 Å². The van der Waals surface area contributed by atoms with E-state index in [-0.39, 0.29) is 5.41 Å². The Morgan fingerprint density at radius 1 is 1.33 bits per heavy atom. The fraction of sp³-hybridized carbons (Fsp3) is 0.417. The van der Waals surface area contributed by atoms with E-state index in [1.165, 1.54) is 5.56 Å². The van der Waals surface area contributed by atoms with Gasteiger partial charge in [-0.3, -0.25) is 0 Å². The lowest BCUT2D eigenvalue weighted by Crippen LogP contribution is -2.20. The number of methoxy groups -OCH3 is 1. The number of benzene rings is 1. The summed E-state index contributed by atoms with van der Waals surface area (Å²) in [6.45, 7) is 4.92. The first kappa shape index (κ1) is 11.9. The molecule has 0 aliphatic heterocycles. The van der Waals surface area contributed by atoms with Crippen molar-refractivity contribution >= 4 is 17.4 Å². The van der Waals surface area contributed by atoms with Crippen LogP contribution in [0, 0.1) is 0 Å². The third kappa shape index (κ3) is 3.15. The highest BCUT2D eigenvalue weighted by Crippen LogP contribution is 2.25. The van der Waals surface area contributed by atoms with Crippen LogP contribution in [0.15, 0.2) is 29.3 Å². The molecule has 0 amide bonds. The van der Waals surface area contributed by atoms with E-state index in [2.05, 4.69) is 48.4 Å². The van der Waals surface area contributed by atoms with Crippen LogP contribution in [0.25, 0.3) is 0 Å². The summed E-state index contributed by atoms with van der Waals surface area (Å²) < 4.78 is 5.11. The van der Waals surface area contributed by atoms with E-state index < -0.39 is 0 Å². The molecule has 0 aliphatic rings. The van der Waals surface area contributed by atoms with Gasteiger partial charge in [-0.25, -0.2) is 4.99 Å². The van der Waals surface area contributed by atoms with E-state index >= 15 is 0 Å². The van der Waals surface area contributed by atoms with Crippen molar-refractivity contribution in [2.45, 2.75) is 19.3 Å². The van der Waals surface area contributed by atoms with Crippen LogP contribution in [-0.2, 0) is 5.41 Å². The van der Waals surface area contributed by atoms with Gasteiger partial charge in [0.15, 0.2) is 0 Å². The molecule has 0 fully saturated rings. The molecular formula is C12H15NOS. The lowest BCUT2D eigenvalue weighted by molar-refractivity contribution is 0.414. The average Bonchev–Trinajstić information content (AvgIpc) is 2.26. The highest BCUT2D eigenvalue weighted by molar-refractivity contribution is 7.78. The fourth-order valence-corrected chi connectivity index (χ4v) is 1.43. The van der Waals surface area contributed by atoms with Crippen molar-refractivity contribution in [1.29, 1.82) is 0 Å². The minimum atomic E-state index is -0.0158. The summed E-state index contributed by atoms with van der Waals surface area (Å²) in [5, 5.41) is 2.40. The van der Waals surface area contributed by atoms with E-state index in [0.717, 1.165) is 5.75 Å². The quantitative estimate of drug-likeness (QED) is 0.575. The molecule has 0 bridgehead atoms. The van der Waals surface area contributed by atoms with Gasteiger partial charge in [0.25, 0.3) is 0 Å². The first-order valence-electron chi connectivity index (χ1n) is 4.78. The van der Waals surface area contributed by atoms with E-state index in [1.807, 2.05) is 12.1 Å². The molecule has 2 nitrogen and oxygen atoms in total. The maximum atomic E-state index is 5.11. The number of isothiocyanates is 1. The van der Waals surface area contributed by atoms with Crippen molar-refractivity contribution in [2.75, 3.05) is 13.7 Å². The van der Waals surface area contributed by atoms with Crippen LogP contribution < -0.4 is 4.74 Å². The summed E-state index contributed by atoms with van der Waals surface area (Å²) >= 11 is 4.57. The zero-order valence-electron chi connectivity index (χ0n) is 9.28. The lowest BCUT2D eigenvalue weighted by Gasteiger charge is -2.22. The number of nitrogens with zero attached hydrogens (tertiary/aromatic N) is 1. The Bertz CT molecular complexity index is 364. The number of rotatable bonds is 4. The van der Waals surface area contributed by atoms with Crippen LogP contribution in [-0.4, -0.2) is 18.8 Å². The third-order valence-electron chi connectivity index (χ3n) is 2.41. The van der Waals surface area contributed by atoms with E-state index in [1.54, 1.807) is 7.11 Å². The molecule has 3 heteroatoms. The summed E-state index contributed by atoms with van der Waals surface area (Å²) in [6, 6.07) is 8.02. The Labute approximate surface area is 96.0 Å². The molecule has 0 radical (unpaired) electrons. The Balaban J connectivity index is 2.89. The normalized spacial score (nSPS) is 10.6. The van der Waals surface area contributed by atoms with Crippen molar-refractivity contribution in [3.63, 3.8) is 0 Å². The van der Waals surface area contributed by atoms with E-state index in [4.69, 9.17) is 4.74 Å². The topological polar surface area (TPSA) is 21.6 Å². The molecule has 15 heavy (non-hydrogen) atoms. The van der Waals surface area contributed by atoms with Gasteiger partial charge >= 0.3 is 0 Å². The largest absolute Gasteiger partial charge is 0.497 e. The summed E-state index contributed by atoms with van der Waals surface area (Å²) in [7, 11) is 1.66. The van der Waals surface area contributed by atoms with Crippen molar-refractivity contribution in [3.8, 4) is 5.75 Å². The van der Waals surface area contributed by atoms with Crippen LogP contribution >= 0.6 is 12.2 Å². The van der Waals surface area contributed by atoms with Gasteiger partial charge in [-0.05, 0) is 29.9 Å². The second kappa shape index (κ2) is 5.06. The monoisotopic (exact) mass is 221 g/mol. The molecule has 0 unspecified atom stereocenters. The molecule has 0 atom stereocenters. The van der Waals surface area contributed by atoms with Crippen molar-refractivity contribution in [1.82, 2.24) is 0 Å². The first-order valence-corrected chi connectivity index (χ1v) is 5.19. The second-order valence-corrected chi connectivity index (χ2v) is 4.20. The molecule has 0 saturated carbocycles. The zero-order chi connectivity index (χ0) is 11.3. The predicted molar refractivity (Wildman–Crippen MR) is 65.9 cm³/mol. The fourth-order valence-electron chi connectivity index (χ4n) is 1.36. The van der Waals surface area contributed by atoms with Gasteiger partial charge in [0, 0.05) is 5.41 Å². The number of hydrogen-bond donors (Lipinski definition) is 0. The predicted octanol–water partition coefficient (Wildman–Crippen LogP) is 3.08. The smallest absolute Gasteiger partial charge is 0.118 e. The average molecular weight is 221 g/mol. The molecule has 1 aromatic rings.